The summed E-state index contributed by atoms with van der Waals surface area (Å²) < 4.78 is 0. The van der Waals surface area contributed by atoms with Gasteiger partial charge in [0.25, 0.3) is 0 Å². The summed E-state index contributed by atoms with van der Waals surface area (Å²) in [7, 11) is 0. The average Bonchev–Trinajstić information content (AvgIpc) is 2.33. The van der Waals surface area contributed by atoms with Gasteiger partial charge in [-0.3, -0.25) is 0 Å². The first-order valence-electron chi connectivity index (χ1n) is 6.37. The fourth-order valence-corrected chi connectivity index (χ4v) is 2.41. The summed E-state index contributed by atoms with van der Waals surface area (Å²) in [5.74, 6) is 0.391. The Balaban J connectivity index is 2.05. The number of rotatable bonds is 3. The number of hydrogen-bond donors (Lipinski definition) is 2. The Hall–Kier alpha value is -1.28. The highest BCUT2D eigenvalue weighted by atomic mass is 16.3. The van der Waals surface area contributed by atoms with E-state index in [1.165, 1.54) is 12.0 Å². The number of allylic oxidation sites excluding steroid dienone is 1. The largest absolute Gasteiger partial charge is 0.508 e. The van der Waals surface area contributed by atoms with Crippen LogP contribution in [0.2, 0.25) is 0 Å². The third kappa shape index (κ3) is 3.10. The fraction of sp³-hybridized carbons (Fsp3) is 0.467. The lowest BCUT2D eigenvalue weighted by Crippen LogP contribution is -2.32. The van der Waals surface area contributed by atoms with E-state index in [-0.39, 0.29) is 6.04 Å². The monoisotopic (exact) mass is 231 g/mol. The van der Waals surface area contributed by atoms with Crippen molar-refractivity contribution >= 4 is 0 Å². The van der Waals surface area contributed by atoms with Crippen LogP contribution in [0, 0.1) is 6.92 Å². The molecule has 0 spiro atoms. The Bertz CT molecular complexity index is 411. The van der Waals surface area contributed by atoms with Crippen molar-refractivity contribution in [3.05, 3.63) is 41.5 Å². The molecule has 1 aromatic rings. The quantitative estimate of drug-likeness (QED) is 0.781. The predicted octanol–water partition coefficient (Wildman–Crippen LogP) is 3.46. The number of benzene rings is 1. The van der Waals surface area contributed by atoms with Crippen LogP contribution in [0.3, 0.4) is 0 Å². The molecule has 1 aliphatic carbocycles. The van der Waals surface area contributed by atoms with Gasteiger partial charge in [0, 0.05) is 17.6 Å². The van der Waals surface area contributed by atoms with Gasteiger partial charge in [0.2, 0.25) is 0 Å². The summed E-state index contributed by atoms with van der Waals surface area (Å²) in [6.45, 7) is 4.17. The zero-order valence-electron chi connectivity index (χ0n) is 10.6. The van der Waals surface area contributed by atoms with Gasteiger partial charge in [-0.05, 0) is 39.2 Å². The van der Waals surface area contributed by atoms with E-state index >= 15 is 0 Å². The lowest BCUT2D eigenvalue weighted by molar-refractivity contribution is 0.407. The van der Waals surface area contributed by atoms with Crippen LogP contribution in [-0.4, -0.2) is 11.1 Å². The van der Waals surface area contributed by atoms with Gasteiger partial charge >= 0.3 is 0 Å². The summed E-state index contributed by atoms with van der Waals surface area (Å²) in [5.41, 5.74) is 2.19. The molecule has 2 N–H and O–H groups in total. The number of nitrogens with one attached hydrogen (secondary N) is 1. The molecule has 2 unspecified atom stereocenters. The van der Waals surface area contributed by atoms with Crippen LogP contribution in [0.5, 0.6) is 5.75 Å². The zero-order chi connectivity index (χ0) is 12.3. The van der Waals surface area contributed by atoms with Gasteiger partial charge in [0.15, 0.2) is 0 Å². The summed E-state index contributed by atoms with van der Waals surface area (Å²) in [6.07, 6.45) is 7.92. The zero-order valence-corrected chi connectivity index (χ0v) is 10.6. The highest BCUT2D eigenvalue weighted by molar-refractivity contribution is 5.37. The van der Waals surface area contributed by atoms with Crippen molar-refractivity contribution < 1.29 is 5.11 Å². The van der Waals surface area contributed by atoms with E-state index in [2.05, 4.69) is 37.4 Å². The van der Waals surface area contributed by atoms with Crippen molar-refractivity contribution in [2.24, 2.45) is 0 Å². The molecule has 0 heterocycles. The Kier molecular flexibility index (Phi) is 3.85. The SMILES string of the molecule is Cc1ccc(O)c(C(C)NC2CC=CCC2)c1. The topological polar surface area (TPSA) is 32.3 Å². The molecule has 0 aromatic heterocycles. The van der Waals surface area contributed by atoms with E-state index in [1.807, 2.05) is 6.07 Å². The van der Waals surface area contributed by atoms with Gasteiger partial charge in [-0.2, -0.15) is 0 Å². The van der Waals surface area contributed by atoms with E-state index in [1.54, 1.807) is 6.07 Å². The van der Waals surface area contributed by atoms with Crippen LogP contribution < -0.4 is 5.32 Å². The third-order valence-electron chi connectivity index (χ3n) is 3.40. The van der Waals surface area contributed by atoms with Crippen molar-refractivity contribution in [2.75, 3.05) is 0 Å². The second-order valence-electron chi connectivity index (χ2n) is 4.93. The molecule has 2 rings (SSSR count). The maximum absolute atomic E-state index is 9.88. The lowest BCUT2D eigenvalue weighted by Gasteiger charge is -2.25. The minimum Gasteiger partial charge on any atom is -0.508 e. The maximum atomic E-state index is 9.88. The summed E-state index contributed by atoms with van der Waals surface area (Å²) in [6, 6.07) is 6.52. The first-order valence-corrected chi connectivity index (χ1v) is 6.37. The number of aryl methyl sites for hydroxylation is 1. The van der Waals surface area contributed by atoms with E-state index in [4.69, 9.17) is 0 Å². The minimum absolute atomic E-state index is 0.200. The lowest BCUT2D eigenvalue weighted by atomic mass is 9.98. The minimum atomic E-state index is 0.200. The molecular weight excluding hydrogens is 210 g/mol. The van der Waals surface area contributed by atoms with Gasteiger partial charge in [0.05, 0.1) is 0 Å². The molecule has 1 aliphatic rings. The molecule has 0 radical (unpaired) electrons. The molecule has 0 saturated carbocycles. The Labute approximate surface area is 103 Å². The Morgan fingerprint density at radius 1 is 1.35 bits per heavy atom. The van der Waals surface area contributed by atoms with Gasteiger partial charge in [0.1, 0.15) is 5.75 Å². The Morgan fingerprint density at radius 3 is 2.88 bits per heavy atom. The highest BCUT2D eigenvalue weighted by Crippen LogP contribution is 2.26. The van der Waals surface area contributed by atoms with Crippen molar-refractivity contribution in [2.45, 2.75) is 45.2 Å². The number of phenols is 1. The average molecular weight is 231 g/mol. The molecule has 1 aromatic carbocycles. The van der Waals surface area contributed by atoms with Gasteiger partial charge in [-0.25, -0.2) is 0 Å². The molecule has 2 nitrogen and oxygen atoms in total. The molecule has 2 atom stereocenters. The molecule has 0 fully saturated rings. The van der Waals surface area contributed by atoms with Crippen LogP contribution in [0.1, 0.15) is 43.4 Å². The van der Waals surface area contributed by atoms with Crippen LogP contribution >= 0.6 is 0 Å². The molecule has 17 heavy (non-hydrogen) atoms. The first kappa shape index (κ1) is 12.2. The van der Waals surface area contributed by atoms with E-state index in [9.17, 15) is 5.11 Å². The first-order chi connectivity index (χ1) is 8.16. The number of aromatic hydroxyl groups is 1. The Morgan fingerprint density at radius 2 is 2.18 bits per heavy atom. The van der Waals surface area contributed by atoms with E-state index in [0.29, 0.717) is 11.8 Å². The molecule has 92 valence electrons. The van der Waals surface area contributed by atoms with Gasteiger partial charge in [-0.15, -0.1) is 0 Å². The molecule has 0 amide bonds. The van der Waals surface area contributed by atoms with Crippen LogP contribution in [-0.2, 0) is 0 Å². The molecule has 0 saturated heterocycles. The highest BCUT2D eigenvalue weighted by Gasteiger charge is 2.16. The van der Waals surface area contributed by atoms with Crippen LogP contribution in [0.25, 0.3) is 0 Å². The second-order valence-corrected chi connectivity index (χ2v) is 4.93. The maximum Gasteiger partial charge on any atom is 0.120 e. The van der Waals surface area contributed by atoms with Crippen molar-refractivity contribution in [1.29, 1.82) is 0 Å². The van der Waals surface area contributed by atoms with Crippen LogP contribution in [0.15, 0.2) is 30.4 Å². The van der Waals surface area contributed by atoms with Gasteiger partial charge < -0.3 is 10.4 Å². The third-order valence-corrected chi connectivity index (χ3v) is 3.40. The fourth-order valence-electron chi connectivity index (χ4n) is 2.41. The van der Waals surface area contributed by atoms with Crippen molar-refractivity contribution in [3.8, 4) is 5.75 Å². The summed E-state index contributed by atoms with van der Waals surface area (Å²) in [4.78, 5) is 0. The number of hydrogen-bond acceptors (Lipinski definition) is 2. The van der Waals surface area contributed by atoms with E-state index < -0.39 is 0 Å². The molecule has 0 bridgehead atoms. The van der Waals surface area contributed by atoms with E-state index in [0.717, 1.165) is 18.4 Å². The van der Waals surface area contributed by atoms with Crippen LogP contribution in [0.4, 0.5) is 0 Å². The summed E-state index contributed by atoms with van der Waals surface area (Å²) in [5, 5.41) is 13.5. The molecular formula is C15H21NO. The molecule has 0 aliphatic heterocycles. The normalized spacial score (nSPS) is 21.4. The second kappa shape index (κ2) is 5.37. The summed E-state index contributed by atoms with van der Waals surface area (Å²) >= 11 is 0. The standard InChI is InChI=1S/C15H21NO/c1-11-8-9-15(17)14(10-11)12(2)16-13-6-4-3-5-7-13/h3-4,8-10,12-13,16-17H,5-7H2,1-2H3. The molecule has 2 heteroatoms. The number of phenolic OH excluding ortho intramolecular Hbond substituents is 1. The smallest absolute Gasteiger partial charge is 0.120 e. The predicted molar refractivity (Wildman–Crippen MR) is 71.2 cm³/mol. The van der Waals surface area contributed by atoms with Crippen molar-refractivity contribution in [3.63, 3.8) is 0 Å². The van der Waals surface area contributed by atoms with Crippen molar-refractivity contribution in [1.82, 2.24) is 5.32 Å². The van der Waals surface area contributed by atoms with Gasteiger partial charge in [-0.1, -0.05) is 29.8 Å².